The number of nitrogens with two attached hydrogens (primary N) is 1. The van der Waals surface area contributed by atoms with Gasteiger partial charge in [0.15, 0.2) is 0 Å². The third kappa shape index (κ3) is 2.90. The van der Waals surface area contributed by atoms with Crippen molar-refractivity contribution in [3.63, 3.8) is 0 Å². The lowest BCUT2D eigenvalue weighted by Crippen LogP contribution is -2.57. The summed E-state index contributed by atoms with van der Waals surface area (Å²) in [4.78, 5) is 0. The van der Waals surface area contributed by atoms with Gasteiger partial charge in [-0.1, -0.05) is 35.8 Å². The molecule has 0 saturated heterocycles. The highest BCUT2D eigenvalue weighted by atomic mass is 79.9. The van der Waals surface area contributed by atoms with Crippen LogP contribution in [0.3, 0.4) is 0 Å². The van der Waals surface area contributed by atoms with Crippen LogP contribution in [0.2, 0.25) is 0 Å². The lowest BCUT2D eigenvalue weighted by Gasteiger charge is -2.40. The van der Waals surface area contributed by atoms with Crippen molar-refractivity contribution < 1.29 is 0 Å². The topological polar surface area (TPSA) is 38.0 Å². The van der Waals surface area contributed by atoms with E-state index in [0.717, 1.165) is 19.3 Å². The van der Waals surface area contributed by atoms with Gasteiger partial charge in [0.2, 0.25) is 0 Å². The number of hydrogen-bond acceptors (Lipinski definition) is 2. The minimum absolute atomic E-state index is 0.0923. The molecule has 2 rings (SSSR count). The van der Waals surface area contributed by atoms with E-state index >= 15 is 0 Å². The lowest BCUT2D eigenvalue weighted by molar-refractivity contribution is 0.272. The average molecular weight is 297 g/mol. The molecule has 0 heterocycles. The second-order valence-corrected chi connectivity index (χ2v) is 6.29. The predicted octanol–water partition coefficient (Wildman–Crippen LogP) is 2.63. The Morgan fingerprint density at radius 3 is 2.82 bits per heavy atom. The largest absolute Gasteiger partial charge is 0.329 e. The Balaban J connectivity index is 2.24. The van der Waals surface area contributed by atoms with Crippen LogP contribution in [-0.4, -0.2) is 18.1 Å². The second-order valence-electron chi connectivity index (χ2n) is 5.37. The molecule has 1 aliphatic carbocycles. The second kappa shape index (κ2) is 5.09. The summed E-state index contributed by atoms with van der Waals surface area (Å²) in [6.07, 6.45) is 3.29. The molecular formula is C14H21BrN2. The third-order valence-electron chi connectivity index (χ3n) is 3.56. The Bertz CT molecular complexity index is 403. The van der Waals surface area contributed by atoms with E-state index in [1.165, 1.54) is 15.6 Å². The smallest absolute Gasteiger partial charge is 0.0349 e. The van der Waals surface area contributed by atoms with Gasteiger partial charge in [-0.25, -0.2) is 0 Å². The van der Waals surface area contributed by atoms with E-state index in [-0.39, 0.29) is 5.54 Å². The summed E-state index contributed by atoms with van der Waals surface area (Å²) in [5.74, 6) is 0. The highest BCUT2D eigenvalue weighted by molar-refractivity contribution is 9.10. The maximum atomic E-state index is 6.00. The molecule has 0 spiro atoms. The number of benzene rings is 1. The molecule has 0 aliphatic heterocycles. The Morgan fingerprint density at radius 1 is 1.41 bits per heavy atom. The van der Waals surface area contributed by atoms with E-state index < -0.39 is 0 Å². The molecule has 2 nitrogen and oxygen atoms in total. The van der Waals surface area contributed by atoms with Crippen LogP contribution in [-0.2, 0) is 12.8 Å². The van der Waals surface area contributed by atoms with Crippen LogP contribution in [0, 0.1) is 0 Å². The minimum atomic E-state index is 0.0923. The summed E-state index contributed by atoms with van der Waals surface area (Å²) in [5.41, 5.74) is 9.00. The summed E-state index contributed by atoms with van der Waals surface area (Å²) in [6, 6.07) is 7.08. The van der Waals surface area contributed by atoms with Gasteiger partial charge in [0, 0.05) is 22.6 Å². The van der Waals surface area contributed by atoms with Gasteiger partial charge in [0.1, 0.15) is 0 Å². The van der Waals surface area contributed by atoms with E-state index in [0.29, 0.717) is 12.6 Å². The molecule has 1 aromatic rings. The molecule has 94 valence electrons. The van der Waals surface area contributed by atoms with Gasteiger partial charge < -0.3 is 11.1 Å². The normalized spacial score (nSPS) is 23.8. The Labute approximate surface area is 112 Å². The highest BCUT2D eigenvalue weighted by Gasteiger charge is 2.33. The van der Waals surface area contributed by atoms with Gasteiger partial charge >= 0.3 is 0 Å². The van der Waals surface area contributed by atoms with Crippen molar-refractivity contribution in [1.82, 2.24) is 5.32 Å². The van der Waals surface area contributed by atoms with Crippen molar-refractivity contribution in [3.05, 3.63) is 33.8 Å². The first-order valence-corrected chi connectivity index (χ1v) is 7.09. The van der Waals surface area contributed by atoms with Crippen molar-refractivity contribution in [2.24, 2.45) is 5.73 Å². The van der Waals surface area contributed by atoms with Gasteiger partial charge in [0.25, 0.3) is 0 Å². The number of hydrogen-bond donors (Lipinski definition) is 2. The highest BCUT2D eigenvalue weighted by Crippen LogP contribution is 2.30. The fourth-order valence-electron chi connectivity index (χ4n) is 2.80. The lowest BCUT2D eigenvalue weighted by atomic mass is 9.77. The molecule has 0 aromatic heterocycles. The molecule has 1 aromatic carbocycles. The van der Waals surface area contributed by atoms with E-state index in [2.05, 4.69) is 53.3 Å². The van der Waals surface area contributed by atoms with Crippen LogP contribution in [0.5, 0.6) is 0 Å². The first-order valence-electron chi connectivity index (χ1n) is 6.30. The van der Waals surface area contributed by atoms with E-state index in [1.54, 1.807) is 0 Å². The molecule has 17 heavy (non-hydrogen) atoms. The van der Waals surface area contributed by atoms with Gasteiger partial charge in [-0.15, -0.1) is 0 Å². The summed E-state index contributed by atoms with van der Waals surface area (Å²) in [7, 11) is 0. The van der Waals surface area contributed by atoms with Crippen molar-refractivity contribution >= 4 is 15.9 Å². The number of aryl methyl sites for hydroxylation is 1. The Kier molecular flexibility index (Phi) is 3.91. The fourth-order valence-corrected chi connectivity index (χ4v) is 3.20. The summed E-state index contributed by atoms with van der Waals surface area (Å²) in [5, 5.41) is 3.66. The van der Waals surface area contributed by atoms with Crippen LogP contribution in [0.25, 0.3) is 0 Å². The van der Waals surface area contributed by atoms with Crippen molar-refractivity contribution in [3.8, 4) is 0 Å². The van der Waals surface area contributed by atoms with Gasteiger partial charge in [0.05, 0.1) is 0 Å². The third-order valence-corrected chi connectivity index (χ3v) is 4.05. The van der Waals surface area contributed by atoms with Crippen molar-refractivity contribution in [2.45, 2.75) is 44.7 Å². The molecule has 3 N–H and O–H groups in total. The first kappa shape index (κ1) is 13.1. The minimum Gasteiger partial charge on any atom is -0.329 e. The van der Waals surface area contributed by atoms with Gasteiger partial charge in [-0.3, -0.25) is 0 Å². The predicted molar refractivity (Wildman–Crippen MR) is 76.2 cm³/mol. The molecule has 1 atom stereocenters. The summed E-state index contributed by atoms with van der Waals surface area (Å²) < 4.78 is 1.17. The van der Waals surface area contributed by atoms with E-state index in [1.807, 2.05) is 0 Å². The van der Waals surface area contributed by atoms with Crippen molar-refractivity contribution in [1.29, 1.82) is 0 Å². The molecule has 0 radical (unpaired) electrons. The van der Waals surface area contributed by atoms with Crippen LogP contribution < -0.4 is 11.1 Å². The molecule has 0 saturated carbocycles. The molecule has 0 bridgehead atoms. The number of fused-ring (bicyclic) bond motifs is 1. The molecule has 1 aliphatic rings. The number of rotatable bonds is 3. The van der Waals surface area contributed by atoms with Gasteiger partial charge in [-0.05, 0) is 42.5 Å². The van der Waals surface area contributed by atoms with Crippen molar-refractivity contribution in [2.75, 3.05) is 6.54 Å². The van der Waals surface area contributed by atoms with Crippen LogP contribution in [0.4, 0.5) is 0 Å². The maximum absolute atomic E-state index is 6.00. The number of halogens is 1. The molecule has 3 heteroatoms. The quantitative estimate of drug-likeness (QED) is 0.900. The summed E-state index contributed by atoms with van der Waals surface area (Å²) >= 11 is 3.54. The van der Waals surface area contributed by atoms with Crippen LogP contribution >= 0.6 is 15.9 Å². The van der Waals surface area contributed by atoms with Crippen LogP contribution in [0.15, 0.2) is 22.7 Å². The standard InChI is InChI=1S/C14H21BrN2/c1-10(2)17-14(9-16)6-5-11-7-13(15)4-3-12(11)8-14/h3-4,7,10,17H,5-6,8-9,16H2,1-2H3. The Hall–Kier alpha value is -0.380. The fraction of sp³-hybridized carbons (Fsp3) is 0.571. The molecule has 0 fully saturated rings. The summed E-state index contributed by atoms with van der Waals surface area (Å²) in [6.45, 7) is 5.09. The monoisotopic (exact) mass is 296 g/mol. The zero-order valence-electron chi connectivity index (χ0n) is 10.6. The average Bonchev–Trinajstić information content (AvgIpc) is 2.29. The molecule has 0 amide bonds. The first-order chi connectivity index (χ1) is 8.04. The van der Waals surface area contributed by atoms with E-state index in [9.17, 15) is 0 Å². The molecule has 1 unspecified atom stereocenters. The zero-order valence-corrected chi connectivity index (χ0v) is 12.2. The maximum Gasteiger partial charge on any atom is 0.0349 e. The van der Waals surface area contributed by atoms with E-state index in [4.69, 9.17) is 5.73 Å². The number of nitrogens with one attached hydrogen (secondary N) is 1. The van der Waals surface area contributed by atoms with Crippen LogP contribution in [0.1, 0.15) is 31.4 Å². The zero-order chi connectivity index (χ0) is 12.5. The van der Waals surface area contributed by atoms with Gasteiger partial charge in [-0.2, -0.15) is 0 Å². The Morgan fingerprint density at radius 2 is 2.18 bits per heavy atom. The SMILES string of the molecule is CC(C)NC1(CN)CCc2cc(Br)ccc2C1. The molecular weight excluding hydrogens is 276 g/mol.